The molecular weight excluding hydrogens is 246 g/mol. The van der Waals surface area contributed by atoms with Gasteiger partial charge in [-0.25, -0.2) is 0 Å². The molecule has 0 unspecified atom stereocenters. The standard InChI is InChI=1S/C18H21NO/c1-18(2,3)19-17(20)16-11-7-10-15(12-13-16)14-8-5-4-6-9-14/h4-6,8-13H,7H2,1-3H3,(H,19,20). The van der Waals surface area contributed by atoms with Crippen molar-refractivity contribution in [3.63, 3.8) is 0 Å². The summed E-state index contributed by atoms with van der Waals surface area (Å²) < 4.78 is 0. The number of rotatable bonds is 2. The van der Waals surface area contributed by atoms with E-state index < -0.39 is 0 Å². The minimum Gasteiger partial charge on any atom is -0.347 e. The molecule has 104 valence electrons. The first-order chi connectivity index (χ1) is 9.46. The van der Waals surface area contributed by atoms with Crippen LogP contribution in [0.3, 0.4) is 0 Å². The van der Waals surface area contributed by atoms with Gasteiger partial charge >= 0.3 is 0 Å². The largest absolute Gasteiger partial charge is 0.347 e. The van der Waals surface area contributed by atoms with Crippen molar-refractivity contribution >= 4 is 11.5 Å². The Morgan fingerprint density at radius 1 is 1.05 bits per heavy atom. The maximum atomic E-state index is 12.2. The van der Waals surface area contributed by atoms with Crippen LogP contribution >= 0.6 is 0 Å². The first kappa shape index (κ1) is 14.3. The van der Waals surface area contributed by atoms with E-state index in [0.29, 0.717) is 0 Å². The van der Waals surface area contributed by atoms with Gasteiger partial charge in [0.15, 0.2) is 0 Å². The smallest absolute Gasteiger partial charge is 0.251 e. The monoisotopic (exact) mass is 267 g/mol. The predicted molar refractivity (Wildman–Crippen MR) is 84.2 cm³/mol. The number of benzene rings is 1. The Morgan fingerprint density at radius 3 is 2.40 bits per heavy atom. The third-order valence-corrected chi connectivity index (χ3v) is 2.98. The van der Waals surface area contributed by atoms with Crippen molar-refractivity contribution in [2.24, 2.45) is 0 Å². The Balaban J connectivity index is 2.12. The summed E-state index contributed by atoms with van der Waals surface area (Å²) in [4.78, 5) is 12.2. The third kappa shape index (κ3) is 3.95. The molecule has 1 aromatic carbocycles. The number of amides is 1. The fourth-order valence-electron chi connectivity index (χ4n) is 2.05. The second-order valence-electron chi connectivity index (χ2n) is 5.96. The summed E-state index contributed by atoms with van der Waals surface area (Å²) in [5.41, 5.74) is 2.84. The van der Waals surface area contributed by atoms with E-state index in [1.807, 2.05) is 57.2 Å². The molecule has 1 aromatic rings. The van der Waals surface area contributed by atoms with Gasteiger partial charge in [0.2, 0.25) is 0 Å². The second kappa shape index (κ2) is 5.91. The lowest BCUT2D eigenvalue weighted by Crippen LogP contribution is -2.41. The van der Waals surface area contributed by atoms with Gasteiger partial charge in [-0.15, -0.1) is 0 Å². The van der Waals surface area contributed by atoms with E-state index >= 15 is 0 Å². The number of carbonyl (C=O) groups excluding carboxylic acids is 1. The highest BCUT2D eigenvalue weighted by molar-refractivity contribution is 5.97. The van der Waals surface area contributed by atoms with Crippen molar-refractivity contribution < 1.29 is 4.79 Å². The fourth-order valence-corrected chi connectivity index (χ4v) is 2.05. The third-order valence-electron chi connectivity index (χ3n) is 2.98. The molecule has 0 spiro atoms. The highest BCUT2D eigenvalue weighted by Gasteiger charge is 2.16. The van der Waals surface area contributed by atoms with Gasteiger partial charge in [0.1, 0.15) is 0 Å². The zero-order valence-electron chi connectivity index (χ0n) is 12.3. The lowest BCUT2D eigenvalue weighted by atomic mass is 10.0. The van der Waals surface area contributed by atoms with Crippen LogP contribution < -0.4 is 5.32 Å². The van der Waals surface area contributed by atoms with E-state index in [0.717, 1.165) is 17.6 Å². The molecule has 1 aliphatic carbocycles. The van der Waals surface area contributed by atoms with Crippen molar-refractivity contribution in [3.05, 3.63) is 65.8 Å². The molecule has 2 nitrogen and oxygen atoms in total. The molecule has 0 fully saturated rings. The molecule has 0 saturated carbocycles. The summed E-state index contributed by atoms with van der Waals surface area (Å²) in [6.45, 7) is 5.96. The summed E-state index contributed by atoms with van der Waals surface area (Å²) in [7, 11) is 0. The molecule has 20 heavy (non-hydrogen) atoms. The quantitative estimate of drug-likeness (QED) is 0.866. The molecule has 2 rings (SSSR count). The second-order valence-corrected chi connectivity index (χ2v) is 5.96. The topological polar surface area (TPSA) is 29.1 Å². The van der Waals surface area contributed by atoms with Gasteiger partial charge in [0, 0.05) is 11.1 Å². The Kier molecular flexibility index (Phi) is 4.23. The van der Waals surface area contributed by atoms with Crippen LogP contribution in [0.5, 0.6) is 0 Å². The van der Waals surface area contributed by atoms with Gasteiger partial charge in [-0.2, -0.15) is 0 Å². The SMILES string of the molecule is CC(C)(C)NC(=O)C1=CCC=C(c2ccccc2)C=C1. The minimum atomic E-state index is -0.215. The first-order valence-electron chi connectivity index (χ1n) is 6.92. The first-order valence-corrected chi connectivity index (χ1v) is 6.92. The lowest BCUT2D eigenvalue weighted by molar-refractivity contribution is -0.118. The van der Waals surface area contributed by atoms with E-state index in [9.17, 15) is 4.79 Å². The number of hydrogen-bond donors (Lipinski definition) is 1. The molecule has 2 heteroatoms. The Hall–Kier alpha value is -2.09. The van der Waals surface area contributed by atoms with Crippen LogP contribution in [0, 0.1) is 0 Å². The average molecular weight is 267 g/mol. The summed E-state index contributed by atoms with van der Waals surface area (Å²) >= 11 is 0. The Morgan fingerprint density at radius 2 is 1.75 bits per heavy atom. The summed E-state index contributed by atoms with van der Waals surface area (Å²) in [6.07, 6.45) is 8.78. The van der Waals surface area contributed by atoms with Gasteiger partial charge in [0.25, 0.3) is 5.91 Å². The molecule has 0 heterocycles. The molecule has 0 saturated heterocycles. The summed E-state index contributed by atoms with van der Waals surface area (Å²) in [6, 6.07) is 10.2. The molecule has 1 amide bonds. The van der Waals surface area contributed by atoms with Gasteiger partial charge in [-0.3, -0.25) is 4.79 Å². The Labute approximate surface area is 120 Å². The molecule has 0 aromatic heterocycles. The molecule has 0 radical (unpaired) electrons. The average Bonchev–Trinajstić information content (AvgIpc) is 2.63. The predicted octanol–water partition coefficient (Wildman–Crippen LogP) is 3.87. The molecule has 1 N–H and O–H groups in total. The van der Waals surface area contributed by atoms with E-state index in [4.69, 9.17) is 0 Å². The van der Waals surface area contributed by atoms with Crippen LogP contribution in [0.25, 0.3) is 5.57 Å². The van der Waals surface area contributed by atoms with Crippen LogP contribution in [-0.4, -0.2) is 11.4 Å². The van der Waals surface area contributed by atoms with Crippen LogP contribution in [0.4, 0.5) is 0 Å². The Bertz CT molecular complexity index is 571. The summed E-state index contributed by atoms with van der Waals surface area (Å²) in [5, 5.41) is 2.99. The zero-order chi connectivity index (χ0) is 14.6. The molecule has 0 aliphatic heterocycles. The van der Waals surface area contributed by atoms with Gasteiger partial charge in [-0.1, -0.05) is 48.6 Å². The molecule has 1 aliphatic rings. The fraction of sp³-hybridized carbons (Fsp3) is 0.278. The van der Waals surface area contributed by atoms with Crippen LogP contribution in [0.1, 0.15) is 32.8 Å². The van der Waals surface area contributed by atoms with Crippen molar-refractivity contribution in [2.45, 2.75) is 32.7 Å². The van der Waals surface area contributed by atoms with E-state index in [2.05, 4.69) is 23.5 Å². The normalized spacial score (nSPS) is 15.2. The van der Waals surface area contributed by atoms with Crippen molar-refractivity contribution in [3.8, 4) is 0 Å². The zero-order valence-corrected chi connectivity index (χ0v) is 12.3. The van der Waals surface area contributed by atoms with Crippen molar-refractivity contribution in [2.75, 3.05) is 0 Å². The maximum absolute atomic E-state index is 12.2. The number of nitrogens with one attached hydrogen (secondary N) is 1. The van der Waals surface area contributed by atoms with Crippen LogP contribution in [0.2, 0.25) is 0 Å². The summed E-state index contributed by atoms with van der Waals surface area (Å²) in [5.74, 6) is -0.0172. The van der Waals surface area contributed by atoms with Crippen LogP contribution in [0.15, 0.2) is 60.2 Å². The number of allylic oxidation sites excluding steroid dienone is 4. The van der Waals surface area contributed by atoms with Gasteiger partial charge in [-0.05, 0) is 44.4 Å². The number of carbonyl (C=O) groups is 1. The van der Waals surface area contributed by atoms with Crippen molar-refractivity contribution in [1.82, 2.24) is 5.32 Å². The van der Waals surface area contributed by atoms with E-state index in [1.165, 1.54) is 5.56 Å². The maximum Gasteiger partial charge on any atom is 0.251 e. The highest BCUT2D eigenvalue weighted by Crippen LogP contribution is 2.20. The van der Waals surface area contributed by atoms with Crippen molar-refractivity contribution in [1.29, 1.82) is 0 Å². The molecule has 0 atom stereocenters. The van der Waals surface area contributed by atoms with E-state index in [1.54, 1.807) is 0 Å². The minimum absolute atomic E-state index is 0.0172. The molecular formula is C18H21NO. The number of hydrogen-bond acceptors (Lipinski definition) is 1. The molecule has 0 bridgehead atoms. The van der Waals surface area contributed by atoms with E-state index in [-0.39, 0.29) is 11.4 Å². The lowest BCUT2D eigenvalue weighted by Gasteiger charge is -2.20. The van der Waals surface area contributed by atoms with Gasteiger partial charge < -0.3 is 5.32 Å². The van der Waals surface area contributed by atoms with Crippen LogP contribution in [-0.2, 0) is 4.79 Å². The highest BCUT2D eigenvalue weighted by atomic mass is 16.1. The van der Waals surface area contributed by atoms with Gasteiger partial charge in [0.05, 0.1) is 0 Å².